The van der Waals surface area contributed by atoms with Crippen molar-refractivity contribution < 1.29 is 0 Å². The molecule has 0 amide bonds. The van der Waals surface area contributed by atoms with Crippen LogP contribution in [0.4, 0.5) is 0 Å². The molecule has 1 heterocycles. The van der Waals surface area contributed by atoms with Gasteiger partial charge in [0.1, 0.15) is 9.49 Å². The number of rotatable bonds is 1. The molecule has 0 radical (unpaired) electrons. The molecule has 5 heteroatoms. The molecular formula is C24H16S5. The van der Waals surface area contributed by atoms with Gasteiger partial charge in [-0.05, 0) is 85.3 Å². The normalized spacial score (nSPS) is 26.5. The van der Waals surface area contributed by atoms with Crippen molar-refractivity contribution in [3.63, 3.8) is 0 Å². The van der Waals surface area contributed by atoms with E-state index < -0.39 is 0 Å². The summed E-state index contributed by atoms with van der Waals surface area (Å²) in [6.45, 7) is 2.27. The van der Waals surface area contributed by atoms with Gasteiger partial charge < -0.3 is 0 Å². The first-order valence-corrected chi connectivity index (χ1v) is 15.9. The lowest BCUT2D eigenvalue weighted by Crippen LogP contribution is -2.37. The Hall–Kier alpha value is -0.850. The van der Waals surface area contributed by atoms with Crippen LogP contribution in [0.2, 0.25) is 0 Å². The summed E-state index contributed by atoms with van der Waals surface area (Å²) >= 11 is 0. The zero-order chi connectivity index (χ0) is 19.2. The maximum absolute atomic E-state index is 2.45. The minimum atomic E-state index is -0.0871. The third-order valence-corrected chi connectivity index (χ3v) is 16.6. The Morgan fingerprint density at radius 2 is 1.21 bits per heavy atom. The first-order valence-electron chi connectivity index (χ1n) is 9.78. The molecule has 0 aromatic heterocycles. The molecule has 0 nitrogen and oxygen atoms in total. The maximum Gasteiger partial charge on any atom is 0.102 e. The summed E-state index contributed by atoms with van der Waals surface area (Å²) in [6.07, 6.45) is 1.08. The summed E-state index contributed by atoms with van der Waals surface area (Å²) < 4.78 is -0.174. The Morgan fingerprint density at radius 1 is 0.621 bits per heavy atom. The summed E-state index contributed by atoms with van der Waals surface area (Å²) in [5.41, 5.74) is 7.49. The Morgan fingerprint density at radius 3 is 1.86 bits per heavy atom. The van der Waals surface area contributed by atoms with E-state index in [0.29, 0.717) is 0 Å². The van der Waals surface area contributed by atoms with Crippen molar-refractivity contribution in [2.45, 2.75) is 22.8 Å². The first kappa shape index (κ1) is 17.8. The molecule has 2 atom stereocenters. The number of benzene rings is 4. The Labute approximate surface area is 189 Å². The third-order valence-electron chi connectivity index (χ3n) is 6.80. The predicted octanol–water partition coefficient (Wildman–Crippen LogP) is 8.71. The molecule has 0 spiro atoms. The van der Waals surface area contributed by atoms with Gasteiger partial charge in [-0.2, -0.15) is 0 Å². The van der Waals surface area contributed by atoms with Crippen molar-refractivity contribution in [3.8, 4) is 0 Å². The van der Waals surface area contributed by atoms with E-state index in [1.54, 1.807) is 0 Å². The van der Waals surface area contributed by atoms with Gasteiger partial charge in [0, 0.05) is 0 Å². The van der Waals surface area contributed by atoms with Crippen LogP contribution >= 0.6 is 51.1 Å². The average Bonchev–Trinajstić information content (AvgIpc) is 3.04. The van der Waals surface area contributed by atoms with Crippen LogP contribution in [0.25, 0.3) is 21.5 Å². The van der Waals surface area contributed by atoms with Crippen LogP contribution in [0.15, 0.2) is 66.7 Å². The van der Waals surface area contributed by atoms with E-state index in [2.05, 4.69) is 95.2 Å². The molecule has 1 saturated heterocycles. The lowest BCUT2D eigenvalue weighted by Gasteiger charge is -2.40. The molecule has 0 saturated carbocycles. The van der Waals surface area contributed by atoms with Gasteiger partial charge in [-0.25, -0.2) is 0 Å². The molecule has 0 N–H and O–H groups in total. The molecule has 1 aliphatic heterocycles. The molecule has 7 rings (SSSR count). The molecule has 4 aromatic carbocycles. The van der Waals surface area contributed by atoms with Crippen molar-refractivity contribution in [1.29, 1.82) is 0 Å². The van der Waals surface area contributed by atoms with Gasteiger partial charge in [-0.3, -0.25) is 0 Å². The molecule has 2 aliphatic carbocycles. The summed E-state index contributed by atoms with van der Waals surface area (Å²) in [7, 11) is 9.96. The lowest BCUT2D eigenvalue weighted by molar-refractivity contribution is 0.655. The zero-order valence-corrected chi connectivity index (χ0v) is 19.7. The molecule has 4 aromatic rings. The fraction of sp³-hybridized carbons (Fsp3) is 0.167. The van der Waals surface area contributed by atoms with Gasteiger partial charge in [0.15, 0.2) is 0 Å². The van der Waals surface area contributed by atoms with E-state index in [-0.39, 0.29) is 9.49 Å². The van der Waals surface area contributed by atoms with E-state index in [1.165, 1.54) is 49.4 Å². The Balaban J connectivity index is 1.75. The van der Waals surface area contributed by atoms with Crippen molar-refractivity contribution in [3.05, 3.63) is 94.5 Å². The standard InChI is InChI=1S/C24H16S5/c1-2-14-12-13-20-22-16(14)8-5-11-19(22)23-17-9-3-6-15-7-4-10-18(21(15)17)24(20,23)26-28-29-27-25-23/h3-13H,2H2,1H3. The Kier molecular flexibility index (Phi) is 3.75. The summed E-state index contributed by atoms with van der Waals surface area (Å²) in [5.74, 6) is 0. The van der Waals surface area contributed by atoms with Crippen LogP contribution in [-0.4, -0.2) is 0 Å². The van der Waals surface area contributed by atoms with Crippen LogP contribution in [0, 0.1) is 0 Å². The molecule has 29 heavy (non-hydrogen) atoms. The summed E-state index contributed by atoms with van der Waals surface area (Å²) in [4.78, 5) is 0. The minimum absolute atomic E-state index is 0.0871. The van der Waals surface area contributed by atoms with Crippen LogP contribution in [-0.2, 0) is 15.9 Å². The number of aryl methyl sites for hydroxylation is 1. The predicted molar refractivity (Wildman–Crippen MR) is 137 cm³/mol. The SMILES string of the molecule is CCc1ccc2c3c(cccc13)C13SSSSSC21c1cccc2cccc3c12. The molecule has 2 unspecified atom stereocenters. The van der Waals surface area contributed by atoms with E-state index >= 15 is 0 Å². The molecule has 1 fully saturated rings. The smallest absolute Gasteiger partial charge is 0.0628 e. The second-order valence-electron chi connectivity index (χ2n) is 7.80. The van der Waals surface area contributed by atoms with E-state index in [4.69, 9.17) is 0 Å². The third kappa shape index (κ3) is 1.90. The van der Waals surface area contributed by atoms with Crippen molar-refractivity contribution in [2.75, 3.05) is 0 Å². The van der Waals surface area contributed by atoms with Crippen LogP contribution < -0.4 is 0 Å². The number of hydrogen-bond acceptors (Lipinski definition) is 5. The van der Waals surface area contributed by atoms with Gasteiger partial charge in [0.25, 0.3) is 0 Å². The molecule has 142 valence electrons. The van der Waals surface area contributed by atoms with Crippen molar-refractivity contribution in [1.82, 2.24) is 0 Å². The fourth-order valence-electron chi connectivity index (χ4n) is 5.78. The summed E-state index contributed by atoms with van der Waals surface area (Å²) in [5, 5.41) is 5.80. The highest BCUT2D eigenvalue weighted by atomic mass is 33.8. The monoisotopic (exact) mass is 464 g/mol. The van der Waals surface area contributed by atoms with E-state index in [9.17, 15) is 0 Å². The van der Waals surface area contributed by atoms with Gasteiger partial charge in [0.2, 0.25) is 0 Å². The van der Waals surface area contributed by atoms with Crippen LogP contribution in [0.3, 0.4) is 0 Å². The maximum atomic E-state index is 2.45. The molecule has 3 aliphatic rings. The van der Waals surface area contributed by atoms with Gasteiger partial charge in [-0.1, -0.05) is 95.2 Å². The van der Waals surface area contributed by atoms with E-state index in [1.807, 2.05) is 29.5 Å². The van der Waals surface area contributed by atoms with Crippen LogP contribution in [0.1, 0.15) is 34.7 Å². The minimum Gasteiger partial charge on any atom is -0.0628 e. The molecular weight excluding hydrogens is 449 g/mol. The van der Waals surface area contributed by atoms with Gasteiger partial charge >= 0.3 is 0 Å². The van der Waals surface area contributed by atoms with Crippen molar-refractivity contribution >= 4 is 72.6 Å². The fourth-order valence-corrected chi connectivity index (χ4v) is 17.5. The van der Waals surface area contributed by atoms with E-state index in [0.717, 1.165) is 6.42 Å². The number of hydrogen-bond donors (Lipinski definition) is 0. The van der Waals surface area contributed by atoms with Crippen molar-refractivity contribution in [2.24, 2.45) is 0 Å². The lowest BCUT2D eigenvalue weighted by atomic mass is 9.85. The highest BCUT2D eigenvalue weighted by Gasteiger charge is 2.67. The first-order chi connectivity index (χ1) is 14.3. The summed E-state index contributed by atoms with van der Waals surface area (Å²) in [6, 6.07) is 25.7. The average molecular weight is 465 g/mol. The van der Waals surface area contributed by atoms with Gasteiger partial charge in [0.05, 0.1) is 0 Å². The highest BCUT2D eigenvalue weighted by Crippen LogP contribution is 2.81. The Bertz CT molecular complexity index is 1290. The molecule has 0 bridgehead atoms. The van der Waals surface area contributed by atoms with Crippen LogP contribution in [0.5, 0.6) is 0 Å². The highest BCUT2D eigenvalue weighted by molar-refractivity contribution is 9.36. The topological polar surface area (TPSA) is 0 Å². The zero-order valence-electron chi connectivity index (χ0n) is 15.6. The largest absolute Gasteiger partial charge is 0.102 e. The quantitative estimate of drug-likeness (QED) is 0.258. The van der Waals surface area contributed by atoms with Gasteiger partial charge in [-0.15, -0.1) is 0 Å². The second-order valence-corrected chi connectivity index (χ2v) is 15.7. The second kappa shape index (κ2) is 6.10.